The zero-order chi connectivity index (χ0) is 21.1. The van der Waals surface area contributed by atoms with Crippen LogP contribution in [-0.4, -0.2) is 44.2 Å². The van der Waals surface area contributed by atoms with E-state index in [2.05, 4.69) is 4.90 Å². The third kappa shape index (κ3) is 4.37. The van der Waals surface area contributed by atoms with Gasteiger partial charge in [-0.3, -0.25) is 4.79 Å². The van der Waals surface area contributed by atoms with Crippen LogP contribution in [0.5, 0.6) is 0 Å². The van der Waals surface area contributed by atoms with E-state index in [1.165, 1.54) is 22.3 Å². The molecule has 1 amide bonds. The van der Waals surface area contributed by atoms with Crippen molar-refractivity contribution >= 4 is 22.2 Å². The number of ether oxygens (including phenoxy) is 1. The molecule has 3 aromatic rings. The quantitative estimate of drug-likeness (QED) is 0.585. The summed E-state index contributed by atoms with van der Waals surface area (Å²) in [5.74, 6) is -1.96. The van der Waals surface area contributed by atoms with Crippen LogP contribution in [0.3, 0.4) is 0 Å². The van der Waals surface area contributed by atoms with Gasteiger partial charge in [0.05, 0.1) is 23.1 Å². The lowest BCUT2D eigenvalue weighted by Crippen LogP contribution is -2.35. The number of morpholine rings is 1. The second kappa shape index (κ2) is 8.93. The highest BCUT2D eigenvalue weighted by Crippen LogP contribution is 2.39. The molecule has 4 rings (SSSR count). The summed E-state index contributed by atoms with van der Waals surface area (Å²) < 4.78 is 32.2. The van der Waals surface area contributed by atoms with Gasteiger partial charge in [0, 0.05) is 32.2 Å². The summed E-state index contributed by atoms with van der Waals surface area (Å²) in [6, 6.07) is 15.6. The number of nitrogens with zero attached hydrogens (tertiary/aromatic N) is 2. The molecule has 1 aromatic heterocycles. The molecule has 156 valence electrons. The molecule has 0 N–H and O–H groups in total. The summed E-state index contributed by atoms with van der Waals surface area (Å²) in [6.07, 6.45) is 0. The molecule has 0 spiro atoms. The number of carbonyl (C=O) groups is 1. The van der Waals surface area contributed by atoms with Gasteiger partial charge in [-0.15, -0.1) is 11.3 Å². The first-order chi connectivity index (χ1) is 14.5. The molecule has 1 saturated heterocycles. The van der Waals surface area contributed by atoms with Crippen LogP contribution in [0, 0.1) is 11.6 Å². The summed E-state index contributed by atoms with van der Waals surface area (Å²) >= 11 is 1.46. The van der Waals surface area contributed by atoms with E-state index in [1.54, 1.807) is 7.05 Å². The Morgan fingerprint density at radius 3 is 2.50 bits per heavy atom. The maximum atomic E-state index is 13.5. The average molecular weight is 429 g/mol. The number of carbonyl (C=O) groups excluding carboxylic acids is 1. The zero-order valence-corrected chi connectivity index (χ0v) is 17.4. The van der Waals surface area contributed by atoms with Crippen molar-refractivity contribution in [3.8, 4) is 11.1 Å². The molecule has 7 heteroatoms. The van der Waals surface area contributed by atoms with E-state index in [0.29, 0.717) is 23.7 Å². The van der Waals surface area contributed by atoms with E-state index in [4.69, 9.17) is 4.74 Å². The summed E-state index contributed by atoms with van der Waals surface area (Å²) in [5, 5.41) is 1.05. The lowest BCUT2D eigenvalue weighted by Gasteiger charge is -2.28. The topological polar surface area (TPSA) is 32.8 Å². The molecule has 0 bridgehead atoms. The molecule has 1 aliphatic heterocycles. The van der Waals surface area contributed by atoms with Crippen LogP contribution in [0.15, 0.2) is 54.6 Å². The molecule has 0 unspecified atom stereocenters. The van der Waals surface area contributed by atoms with E-state index in [1.807, 2.05) is 36.4 Å². The van der Waals surface area contributed by atoms with Gasteiger partial charge in [-0.25, -0.2) is 8.78 Å². The van der Waals surface area contributed by atoms with Crippen molar-refractivity contribution in [3.05, 3.63) is 76.7 Å². The number of halogens is 2. The van der Waals surface area contributed by atoms with Gasteiger partial charge in [0.2, 0.25) is 0 Å². The average Bonchev–Trinajstić information content (AvgIpc) is 3.22. The SMILES string of the molecule is CN(Cc1ccc(F)c(F)c1)C(=O)c1cc(-c2ccccc2)c(N2CCOCC2)s1. The molecule has 0 radical (unpaired) electrons. The van der Waals surface area contributed by atoms with Crippen LogP contribution in [0.2, 0.25) is 0 Å². The number of anilines is 1. The number of amides is 1. The molecule has 2 heterocycles. The van der Waals surface area contributed by atoms with Crippen LogP contribution in [0.25, 0.3) is 11.1 Å². The monoisotopic (exact) mass is 428 g/mol. The van der Waals surface area contributed by atoms with Crippen molar-refractivity contribution in [2.75, 3.05) is 38.3 Å². The standard InChI is InChI=1S/C23H22F2N2O2S/c1-26(15-16-7-8-19(24)20(25)13-16)22(28)21-14-18(17-5-3-2-4-6-17)23(30-21)27-9-11-29-12-10-27/h2-8,13-14H,9-12,15H2,1H3. The number of hydrogen-bond acceptors (Lipinski definition) is 4. The highest BCUT2D eigenvalue weighted by molar-refractivity contribution is 7.18. The Labute approximate surface area is 178 Å². The number of rotatable bonds is 5. The molecule has 30 heavy (non-hydrogen) atoms. The van der Waals surface area contributed by atoms with Gasteiger partial charge in [-0.05, 0) is 29.3 Å². The van der Waals surface area contributed by atoms with Crippen LogP contribution < -0.4 is 4.90 Å². The van der Waals surface area contributed by atoms with Crippen molar-refractivity contribution in [2.45, 2.75) is 6.54 Å². The summed E-state index contributed by atoms with van der Waals surface area (Å²) in [4.78, 5) is 17.5. The second-order valence-electron chi connectivity index (χ2n) is 7.20. The fourth-order valence-electron chi connectivity index (χ4n) is 3.48. The van der Waals surface area contributed by atoms with E-state index in [-0.39, 0.29) is 12.5 Å². The molecule has 0 atom stereocenters. The maximum absolute atomic E-state index is 13.5. The Bertz CT molecular complexity index is 1030. The molecule has 2 aromatic carbocycles. The van der Waals surface area contributed by atoms with Gasteiger partial charge in [0.15, 0.2) is 11.6 Å². The lowest BCUT2D eigenvalue weighted by molar-refractivity contribution is 0.0789. The van der Waals surface area contributed by atoms with Crippen molar-refractivity contribution in [1.82, 2.24) is 4.90 Å². The van der Waals surface area contributed by atoms with Gasteiger partial charge in [0.25, 0.3) is 5.91 Å². The Morgan fingerprint density at radius 2 is 1.80 bits per heavy atom. The van der Waals surface area contributed by atoms with Crippen LogP contribution in [0.4, 0.5) is 13.8 Å². The van der Waals surface area contributed by atoms with Gasteiger partial charge < -0.3 is 14.5 Å². The normalized spacial score (nSPS) is 14.0. The van der Waals surface area contributed by atoms with Crippen molar-refractivity contribution < 1.29 is 18.3 Å². The Balaban J connectivity index is 1.61. The Kier molecular flexibility index (Phi) is 6.11. The highest BCUT2D eigenvalue weighted by Gasteiger charge is 2.23. The lowest BCUT2D eigenvalue weighted by atomic mass is 10.1. The number of hydrogen-bond donors (Lipinski definition) is 0. The first kappa shape index (κ1) is 20.5. The predicted molar refractivity (Wildman–Crippen MR) is 115 cm³/mol. The molecular formula is C23H22F2N2O2S. The third-order valence-electron chi connectivity index (χ3n) is 5.06. The van der Waals surface area contributed by atoms with Gasteiger partial charge in [-0.2, -0.15) is 0 Å². The first-order valence-corrected chi connectivity index (χ1v) is 10.6. The van der Waals surface area contributed by atoms with Crippen LogP contribution in [0.1, 0.15) is 15.2 Å². The summed E-state index contributed by atoms with van der Waals surface area (Å²) in [6.45, 7) is 3.07. The van der Waals surface area contributed by atoms with Crippen molar-refractivity contribution in [1.29, 1.82) is 0 Å². The maximum Gasteiger partial charge on any atom is 0.264 e. The Hall–Kier alpha value is -2.77. The largest absolute Gasteiger partial charge is 0.378 e. The first-order valence-electron chi connectivity index (χ1n) is 9.74. The van der Waals surface area contributed by atoms with Crippen LogP contribution in [-0.2, 0) is 11.3 Å². The summed E-state index contributed by atoms with van der Waals surface area (Å²) in [5.41, 5.74) is 2.61. The third-order valence-corrected chi connectivity index (χ3v) is 6.24. The van der Waals surface area contributed by atoms with Gasteiger partial charge in [0.1, 0.15) is 0 Å². The fourth-order valence-corrected chi connectivity index (χ4v) is 4.71. The molecule has 4 nitrogen and oxygen atoms in total. The number of thiophene rings is 1. The predicted octanol–water partition coefficient (Wildman–Crippen LogP) is 4.80. The van der Waals surface area contributed by atoms with Crippen molar-refractivity contribution in [3.63, 3.8) is 0 Å². The molecule has 1 fully saturated rings. The minimum Gasteiger partial charge on any atom is -0.378 e. The number of benzene rings is 2. The van der Waals surface area contributed by atoms with Gasteiger partial charge >= 0.3 is 0 Å². The van der Waals surface area contributed by atoms with Gasteiger partial charge in [-0.1, -0.05) is 36.4 Å². The highest BCUT2D eigenvalue weighted by atomic mass is 32.1. The minimum absolute atomic E-state index is 0.151. The van der Waals surface area contributed by atoms with E-state index >= 15 is 0 Å². The summed E-state index contributed by atoms with van der Waals surface area (Å²) in [7, 11) is 1.67. The van der Waals surface area contributed by atoms with Crippen molar-refractivity contribution in [2.24, 2.45) is 0 Å². The fraction of sp³-hybridized carbons (Fsp3) is 0.261. The van der Waals surface area contributed by atoms with E-state index < -0.39 is 11.6 Å². The molecule has 0 aliphatic carbocycles. The molecule has 1 aliphatic rings. The van der Waals surface area contributed by atoms with E-state index in [0.717, 1.165) is 41.4 Å². The smallest absolute Gasteiger partial charge is 0.264 e. The Morgan fingerprint density at radius 1 is 1.07 bits per heavy atom. The second-order valence-corrected chi connectivity index (χ2v) is 8.24. The zero-order valence-electron chi connectivity index (χ0n) is 16.6. The van der Waals surface area contributed by atoms with E-state index in [9.17, 15) is 13.6 Å². The minimum atomic E-state index is -0.912. The molecule has 0 saturated carbocycles. The van der Waals surface area contributed by atoms with Crippen LogP contribution >= 0.6 is 11.3 Å². The molecular weight excluding hydrogens is 406 g/mol.